The first-order chi connectivity index (χ1) is 10.4. The third-order valence-corrected chi connectivity index (χ3v) is 4.26. The Balaban J connectivity index is 0.00000192. The first-order valence-corrected chi connectivity index (χ1v) is 7.01. The smallest absolute Gasteiger partial charge is 0.226 e. The quantitative estimate of drug-likeness (QED) is 0.457. The van der Waals surface area contributed by atoms with Crippen molar-refractivity contribution in [2.75, 3.05) is 18.9 Å². The molecule has 0 bridgehead atoms. The van der Waals surface area contributed by atoms with E-state index in [1.165, 1.54) is 10.9 Å². The first kappa shape index (κ1) is 17.8. The van der Waals surface area contributed by atoms with Crippen LogP contribution in [0, 0.1) is 5.41 Å². The van der Waals surface area contributed by atoms with Crippen molar-refractivity contribution in [3.63, 3.8) is 0 Å². The predicted octanol–water partition coefficient (Wildman–Crippen LogP) is -0.527. The van der Waals surface area contributed by atoms with E-state index in [1.807, 2.05) is 0 Å². The average Bonchev–Trinajstić information content (AvgIpc) is 3.00. The summed E-state index contributed by atoms with van der Waals surface area (Å²) in [5.41, 5.74) is 5.38. The van der Waals surface area contributed by atoms with Crippen LogP contribution in [0.3, 0.4) is 0 Å². The Morgan fingerprint density at radius 3 is 2.74 bits per heavy atom. The summed E-state index contributed by atoms with van der Waals surface area (Å²) in [4.78, 5) is 12.0. The number of nitrogens with zero attached hydrogens (tertiary/aromatic N) is 4. The number of aromatic nitrogens is 4. The summed E-state index contributed by atoms with van der Waals surface area (Å²) in [5.74, 6) is 0.122. The highest BCUT2D eigenvalue weighted by Crippen LogP contribution is 2.45. The molecule has 0 spiro atoms. The highest BCUT2D eigenvalue weighted by atomic mass is 35.5. The molecule has 3 rings (SSSR count). The Morgan fingerprint density at radius 1 is 1.43 bits per heavy atom. The SMILES string of the molecule is C[C@@]1(CO)[C@H](O)[C@@H](CO)O[C@H]1n1cnc2c(N)nc(Cl)nc21.N. The third kappa shape index (κ3) is 2.53. The second kappa shape index (κ2) is 6.15. The van der Waals surface area contributed by atoms with Crippen molar-refractivity contribution >= 4 is 28.6 Å². The van der Waals surface area contributed by atoms with Gasteiger partial charge in [0.2, 0.25) is 5.28 Å². The number of anilines is 1. The minimum Gasteiger partial charge on any atom is -0.396 e. The number of hydrogen-bond acceptors (Lipinski definition) is 9. The number of hydrogen-bond donors (Lipinski definition) is 5. The molecule has 4 atom stereocenters. The zero-order chi connectivity index (χ0) is 16.1. The maximum Gasteiger partial charge on any atom is 0.226 e. The van der Waals surface area contributed by atoms with Crippen LogP contribution in [-0.2, 0) is 4.74 Å². The van der Waals surface area contributed by atoms with E-state index in [4.69, 9.17) is 22.1 Å². The van der Waals surface area contributed by atoms with E-state index in [9.17, 15) is 15.3 Å². The summed E-state index contributed by atoms with van der Waals surface area (Å²) in [5, 5.41) is 29.3. The summed E-state index contributed by atoms with van der Waals surface area (Å²) in [7, 11) is 0. The Morgan fingerprint density at radius 2 is 2.13 bits per heavy atom. The number of aliphatic hydroxyl groups is 3. The molecule has 23 heavy (non-hydrogen) atoms. The van der Waals surface area contributed by atoms with E-state index in [0.717, 1.165) is 0 Å². The second-order valence-electron chi connectivity index (χ2n) is 5.52. The van der Waals surface area contributed by atoms with Gasteiger partial charge < -0.3 is 31.9 Å². The highest BCUT2D eigenvalue weighted by molar-refractivity contribution is 6.28. The number of rotatable bonds is 3. The van der Waals surface area contributed by atoms with Crippen molar-refractivity contribution in [1.82, 2.24) is 25.7 Å². The fourth-order valence-electron chi connectivity index (χ4n) is 2.75. The molecule has 3 heterocycles. The van der Waals surface area contributed by atoms with Crippen LogP contribution in [0.4, 0.5) is 5.82 Å². The molecular weight excluding hydrogens is 328 g/mol. The monoisotopic (exact) mass is 346 g/mol. The van der Waals surface area contributed by atoms with Gasteiger partial charge in [-0.25, -0.2) is 4.98 Å². The lowest BCUT2D eigenvalue weighted by atomic mass is 9.83. The van der Waals surface area contributed by atoms with E-state index >= 15 is 0 Å². The molecule has 0 unspecified atom stereocenters. The number of imidazole rings is 1. The van der Waals surface area contributed by atoms with E-state index in [2.05, 4.69) is 15.0 Å². The number of nitrogens with two attached hydrogens (primary N) is 1. The summed E-state index contributed by atoms with van der Waals surface area (Å²) in [6.45, 7) is 0.914. The second-order valence-corrected chi connectivity index (χ2v) is 5.86. The summed E-state index contributed by atoms with van der Waals surface area (Å²) in [6, 6.07) is 0. The third-order valence-electron chi connectivity index (χ3n) is 4.09. The van der Waals surface area contributed by atoms with Gasteiger partial charge in [-0.15, -0.1) is 0 Å². The van der Waals surface area contributed by atoms with Gasteiger partial charge in [0.1, 0.15) is 17.8 Å². The van der Waals surface area contributed by atoms with Gasteiger partial charge >= 0.3 is 0 Å². The number of fused-ring (bicyclic) bond motifs is 1. The maximum atomic E-state index is 10.3. The molecule has 11 heteroatoms. The van der Waals surface area contributed by atoms with Crippen molar-refractivity contribution in [1.29, 1.82) is 0 Å². The number of ether oxygens (including phenoxy) is 1. The van der Waals surface area contributed by atoms with Crippen LogP contribution in [-0.4, -0.2) is 60.3 Å². The largest absolute Gasteiger partial charge is 0.396 e. The van der Waals surface area contributed by atoms with Gasteiger partial charge in [0, 0.05) is 0 Å². The Kier molecular flexibility index (Phi) is 4.76. The van der Waals surface area contributed by atoms with E-state index < -0.39 is 23.9 Å². The zero-order valence-electron chi connectivity index (χ0n) is 12.4. The van der Waals surface area contributed by atoms with E-state index in [-0.39, 0.29) is 30.5 Å². The van der Waals surface area contributed by atoms with Crippen LogP contribution >= 0.6 is 11.6 Å². The number of halogens is 1. The van der Waals surface area contributed by atoms with Crippen molar-refractivity contribution < 1.29 is 20.1 Å². The van der Waals surface area contributed by atoms with Crippen LogP contribution < -0.4 is 11.9 Å². The van der Waals surface area contributed by atoms with Crippen molar-refractivity contribution in [3.8, 4) is 0 Å². The van der Waals surface area contributed by atoms with Gasteiger partial charge in [0.15, 0.2) is 11.5 Å². The van der Waals surface area contributed by atoms with E-state index in [0.29, 0.717) is 11.2 Å². The lowest BCUT2D eigenvalue weighted by Gasteiger charge is -2.31. The topological polar surface area (TPSA) is 175 Å². The molecule has 0 radical (unpaired) electrons. The molecule has 10 nitrogen and oxygen atoms in total. The zero-order valence-corrected chi connectivity index (χ0v) is 13.2. The molecule has 1 saturated heterocycles. The lowest BCUT2D eigenvalue weighted by Crippen LogP contribution is -2.41. The van der Waals surface area contributed by atoms with Gasteiger partial charge in [-0.05, 0) is 11.6 Å². The first-order valence-electron chi connectivity index (χ1n) is 6.63. The summed E-state index contributed by atoms with van der Waals surface area (Å²) in [6.07, 6.45) is -1.24. The highest BCUT2D eigenvalue weighted by Gasteiger charge is 2.53. The van der Waals surface area contributed by atoms with Gasteiger partial charge in [-0.3, -0.25) is 4.57 Å². The molecule has 8 N–H and O–H groups in total. The molecular formula is C12H19ClN6O4. The van der Waals surface area contributed by atoms with Gasteiger partial charge in [-0.2, -0.15) is 9.97 Å². The predicted molar refractivity (Wildman–Crippen MR) is 82.0 cm³/mol. The van der Waals surface area contributed by atoms with Crippen LogP contribution in [0.5, 0.6) is 0 Å². The van der Waals surface area contributed by atoms with Crippen LogP contribution in [0.1, 0.15) is 13.2 Å². The fraction of sp³-hybridized carbons (Fsp3) is 0.583. The standard InChI is InChI=1S/C12H16ClN5O4.H3N/c1-12(3-20)7(21)5(2-19)22-10(12)18-4-15-6-8(14)16-11(13)17-9(6)18;/h4-5,7,10,19-21H,2-3H2,1H3,(H2,14,16,17);1H3/t5-,7-,10-,12-;/m1./s1. The molecule has 0 saturated carbocycles. The molecule has 0 aromatic carbocycles. The van der Waals surface area contributed by atoms with Crippen molar-refractivity contribution in [3.05, 3.63) is 11.6 Å². The fourth-order valence-corrected chi connectivity index (χ4v) is 2.92. The van der Waals surface area contributed by atoms with Gasteiger partial charge in [-0.1, -0.05) is 6.92 Å². The van der Waals surface area contributed by atoms with Crippen molar-refractivity contribution in [2.45, 2.75) is 25.4 Å². The number of nitrogen functional groups attached to an aromatic ring is 1. The summed E-state index contributed by atoms with van der Waals surface area (Å²) < 4.78 is 7.20. The lowest BCUT2D eigenvalue weighted by molar-refractivity contribution is -0.0595. The average molecular weight is 347 g/mol. The minimum atomic E-state index is -1.06. The maximum absolute atomic E-state index is 10.3. The summed E-state index contributed by atoms with van der Waals surface area (Å²) >= 11 is 5.83. The van der Waals surface area contributed by atoms with Gasteiger partial charge in [0.25, 0.3) is 0 Å². The molecule has 1 fully saturated rings. The Labute approximate surface area is 136 Å². The van der Waals surface area contributed by atoms with Crippen LogP contribution in [0.2, 0.25) is 5.28 Å². The van der Waals surface area contributed by atoms with Crippen LogP contribution in [0.25, 0.3) is 11.2 Å². The molecule has 2 aromatic rings. The van der Waals surface area contributed by atoms with E-state index in [1.54, 1.807) is 6.92 Å². The normalized spacial score (nSPS) is 30.6. The van der Waals surface area contributed by atoms with Crippen LogP contribution in [0.15, 0.2) is 6.33 Å². The van der Waals surface area contributed by atoms with Gasteiger partial charge in [0.05, 0.1) is 31.1 Å². The molecule has 2 aromatic heterocycles. The molecule has 0 aliphatic carbocycles. The molecule has 1 aliphatic heterocycles. The minimum absolute atomic E-state index is 0. The van der Waals surface area contributed by atoms with Crippen molar-refractivity contribution in [2.24, 2.45) is 5.41 Å². The molecule has 128 valence electrons. The Bertz CT molecular complexity index is 712. The molecule has 0 amide bonds. The molecule has 1 aliphatic rings. The Hall–Kier alpha value is -1.56. The number of aliphatic hydroxyl groups excluding tert-OH is 3.